The first-order chi connectivity index (χ1) is 9.74. The summed E-state index contributed by atoms with van der Waals surface area (Å²) in [5, 5.41) is 4.74. The maximum Gasteiger partial charge on any atom is 0.0705 e. The minimum atomic E-state index is 0.251. The molecular weight excluding hydrogens is 248 g/mol. The van der Waals surface area contributed by atoms with Crippen LogP contribution in [-0.4, -0.2) is 24.7 Å². The van der Waals surface area contributed by atoms with Crippen LogP contribution in [0.25, 0.3) is 10.9 Å². The number of nitrogens with one attached hydrogen (secondary N) is 1. The minimum Gasteiger partial charge on any atom is -0.380 e. The number of nitrogens with zero attached hydrogens (tertiary/aromatic N) is 1. The van der Waals surface area contributed by atoms with E-state index in [9.17, 15) is 0 Å². The van der Waals surface area contributed by atoms with Gasteiger partial charge in [-0.05, 0) is 50.6 Å². The molecule has 3 nitrogen and oxygen atoms in total. The van der Waals surface area contributed by atoms with Gasteiger partial charge in [0.15, 0.2) is 0 Å². The fourth-order valence-electron chi connectivity index (χ4n) is 2.29. The lowest BCUT2D eigenvalue weighted by atomic mass is 10.0. The smallest absolute Gasteiger partial charge is 0.0705 e. The summed E-state index contributed by atoms with van der Waals surface area (Å²) in [6, 6.07) is 10.9. The zero-order chi connectivity index (χ0) is 14.4. The fraction of sp³-hybridized carbons (Fsp3) is 0.471. The van der Waals surface area contributed by atoms with Crippen molar-refractivity contribution in [2.45, 2.75) is 33.2 Å². The quantitative estimate of drug-likeness (QED) is 0.836. The van der Waals surface area contributed by atoms with Crippen LogP contribution >= 0.6 is 0 Å². The zero-order valence-corrected chi connectivity index (χ0v) is 12.6. The molecule has 1 aromatic heterocycles. The highest BCUT2D eigenvalue weighted by molar-refractivity contribution is 5.79. The number of pyridine rings is 1. The molecule has 0 saturated heterocycles. The zero-order valence-electron chi connectivity index (χ0n) is 12.6. The number of rotatable bonds is 7. The highest BCUT2D eigenvalue weighted by atomic mass is 16.5. The first-order valence-corrected chi connectivity index (χ1v) is 7.43. The maximum absolute atomic E-state index is 5.60. The number of ether oxygens (including phenoxy) is 1. The van der Waals surface area contributed by atoms with Gasteiger partial charge < -0.3 is 10.1 Å². The third-order valence-corrected chi connectivity index (χ3v) is 3.38. The Kier molecular flexibility index (Phi) is 5.50. The van der Waals surface area contributed by atoms with Crippen molar-refractivity contribution in [2.75, 3.05) is 19.8 Å². The molecule has 1 unspecified atom stereocenters. The molecule has 108 valence electrons. The predicted octanol–water partition coefficient (Wildman–Crippen LogP) is 3.62. The lowest BCUT2D eigenvalue weighted by Gasteiger charge is -2.19. The summed E-state index contributed by atoms with van der Waals surface area (Å²) in [5.41, 5.74) is 3.38. The molecule has 0 bridgehead atoms. The van der Waals surface area contributed by atoms with E-state index in [2.05, 4.69) is 47.6 Å². The van der Waals surface area contributed by atoms with E-state index < -0.39 is 0 Å². The molecule has 0 amide bonds. The largest absolute Gasteiger partial charge is 0.380 e. The fourth-order valence-corrected chi connectivity index (χ4v) is 2.29. The molecule has 1 atom stereocenters. The summed E-state index contributed by atoms with van der Waals surface area (Å²) >= 11 is 0. The summed E-state index contributed by atoms with van der Waals surface area (Å²) in [6.07, 6.45) is 1.12. The van der Waals surface area contributed by atoms with Crippen molar-refractivity contribution in [3.63, 3.8) is 0 Å². The summed E-state index contributed by atoms with van der Waals surface area (Å²) < 4.78 is 5.60. The molecule has 1 heterocycles. The van der Waals surface area contributed by atoms with E-state index in [0.717, 1.165) is 30.8 Å². The van der Waals surface area contributed by atoms with Crippen molar-refractivity contribution in [2.24, 2.45) is 0 Å². The van der Waals surface area contributed by atoms with Crippen molar-refractivity contribution in [1.82, 2.24) is 10.3 Å². The third-order valence-electron chi connectivity index (χ3n) is 3.38. The molecule has 0 aliphatic heterocycles. The van der Waals surface area contributed by atoms with Gasteiger partial charge in [0.1, 0.15) is 0 Å². The highest BCUT2D eigenvalue weighted by Crippen LogP contribution is 2.20. The molecule has 0 spiro atoms. The van der Waals surface area contributed by atoms with Gasteiger partial charge in [-0.3, -0.25) is 4.98 Å². The van der Waals surface area contributed by atoms with Gasteiger partial charge in [0.2, 0.25) is 0 Å². The van der Waals surface area contributed by atoms with Crippen LogP contribution in [0.3, 0.4) is 0 Å². The van der Waals surface area contributed by atoms with E-state index in [-0.39, 0.29) is 6.04 Å². The van der Waals surface area contributed by atoms with Gasteiger partial charge in [0.05, 0.1) is 18.2 Å². The Hall–Kier alpha value is -1.45. The number of benzene rings is 1. The van der Waals surface area contributed by atoms with Crippen LogP contribution in [0.1, 0.15) is 37.6 Å². The summed E-state index contributed by atoms with van der Waals surface area (Å²) in [4.78, 5) is 4.55. The van der Waals surface area contributed by atoms with Gasteiger partial charge in [-0.15, -0.1) is 0 Å². The van der Waals surface area contributed by atoms with Crippen LogP contribution in [0.15, 0.2) is 30.3 Å². The molecule has 2 rings (SSSR count). The van der Waals surface area contributed by atoms with Gasteiger partial charge in [0, 0.05) is 17.7 Å². The molecular formula is C17H24N2O. The van der Waals surface area contributed by atoms with E-state index >= 15 is 0 Å². The van der Waals surface area contributed by atoms with Gasteiger partial charge in [-0.2, -0.15) is 0 Å². The molecule has 3 heteroatoms. The second-order valence-electron chi connectivity index (χ2n) is 5.07. The van der Waals surface area contributed by atoms with Gasteiger partial charge in [-0.1, -0.05) is 19.1 Å². The minimum absolute atomic E-state index is 0.251. The normalized spacial score (nSPS) is 12.8. The van der Waals surface area contributed by atoms with Gasteiger partial charge in [0.25, 0.3) is 0 Å². The lowest BCUT2D eigenvalue weighted by molar-refractivity contribution is 0.123. The van der Waals surface area contributed by atoms with Crippen molar-refractivity contribution in [3.05, 3.63) is 41.6 Å². The average molecular weight is 272 g/mol. The molecule has 20 heavy (non-hydrogen) atoms. The average Bonchev–Trinajstić information content (AvgIpc) is 2.47. The van der Waals surface area contributed by atoms with E-state index in [1.807, 2.05) is 13.8 Å². The van der Waals surface area contributed by atoms with Crippen LogP contribution in [0, 0.1) is 6.92 Å². The number of aryl methyl sites for hydroxylation is 1. The highest BCUT2D eigenvalue weighted by Gasteiger charge is 2.11. The SMILES string of the molecule is CCCNC(COCC)c1ccc2nc(C)ccc2c1. The Balaban J connectivity index is 2.24. The Labute approximate surface area is 121 Å². The number of fused-ring (bicyclic) bond motifs is 1. The van der Waals surface area contributed by atoms with Crippen molar-refractivity contribution < 1.29 is 4.74 Å². The van der Waals surface area contributed by atoms with E-state index in [1.54, 1.807) is 0 Å². The number of hydrogen-bond acceptors (Lipinski definition) is 3. The summed E-state index contributed by atoms with van der Waals surface area (Å²) in [6.45, 7) is 8.69. The molecule has 0 aliphatic rings. The maximum atomic E-state index is 5.60. The second kappa shape index (κ2) is 7.36. The molecule has 1 aromatic carbocycles. The van der Waals surface area contributed by atoms with Gasteiger partial charge in [-0.25, -0.2) is 0 Å². The topological polar surface area (TPSA) is 34.1 Å². The van der Waals surface area contributed by atoms with Crippen LogP contribution in [0.5, 0.6) is 0 Å². The van der Waals surface area contributed by atoms with E-state index in [4.69, 9.17) is 4.74 Å². The standard InChI is InChI=1S/C17H24N2O/c1-4-10-18-17(12-20-5-2)15-8-9-16-14(11-15)7-6-13(3)19-16/h6-9,11,17-18H,4-5,10,12H2,1-3H3. The van der Waals surface area contributed by atoms with Crippen LogP contribution in [-0.2, 0) is 4.74 Å². The van der Waals surface area contributed by atoms with Crippen LogP contribution < -0.4 is 5.32 Å². The Morgan fingerprint density at radius 3 is 2.80 bits per heavy atom. The number of aromatic nitrogens is 1. The van der Waals surface area contributed by atoms with Gasteiger partial charge >= 0.3 is 0 Å². The van der Waals surface area contributed by atoms with Crippen LogP contribution in [0.4, 0.5) is 0 Å². The van der Waals surface area contributed by atoms with E-state index in [1.165, 1.54) is 10.9 Å². The Bertz CT molecular complexity index is 546. The molecule has 0 fully saturated rings. The van der Waals surface area contributed by atoms with Crippen molar-refractivity contribution in [3.8, 4) is 0 Å². The van der Waals surface area contributed by atoms with E-state index in [0.29, 0.717) is 6.61 Å². The first-order valence-electron chi connectivity index (χ1n) is 7.43. The lowest BCUT2D eigenvalue weighted by Crippen LogP contribution is -2.26. The predicted molar refractivity (Wildman–Crippen MR) is 84.0 cm³/mol. The third kappa shape index (κ3) is 3.78. The molecule has 0 aliphatic carbocycles. The molecule has 0 radical (unpaired) electrons. The van der Waals surface area contributed by atoms with Crippen LogP contribution in [0.2, 0.25) is 0 Å². The monoisotopic (exact) mass is 272 g/mol. The molecule has 0 saturated carbocycles. The van der Waals surface area contributed by atoms with Crippen molar-refractivity contribution >= 4 is 10.9 Å². The first kappa shape index (κ1) is 14.9. The molecule has 2 aromatic rings. The number of hydrogen-bond donors (Lipinski definition) is 1. The summed E-state index contributed by atoms with van der Waals surface area (Å²) in [5.74, 6) is 0. The summed E-state index contributed by atoms with van der Waals surface area (Å²) in [7, 11) is 0. The second-order valence-corrected chi connectivity index (χ2v) is 5.07. The molecule has 1 N–H and O–H groups in total. The Morgan fingerprint density at radius 1 is 1.20 bits per heavy atom. The van der Waals surface area contributed by atoms with Crippen molar-refractivity contribution in [1.29, 1.82) is 0 Å². The Morgan fingerprint density at radius 2 is 2.05 bits per heavy atom.